The molecular weight excluding hydrogens is 457 g/mol. The largest absolute Gasteiger partial charge is 0.352 e. The van der Waals surface area contributed by atoms with Gasteiger partial charge < -0.3 is 10.2 Å². The van der Waals surface area contributed by atoms with E-state index in [2.05, 4.69) is 5.32 Å². The molecule has 2 aromatic carbocycles. The molecule has 34 heavy (non-hydrogen) atoms. The summed E-state index contributed by atoms with van der Waals surface area (Å²) in [6, 6.07) is 10.3. The van der Waals surface area contributed by atoms with Gasteiger partial charge in [-0.1, -0.05) is 37.3 Å². The zero-order chi connectivity index (χ0) is 25.6. The average molecular weight is 492 g/mol. The number of hydrogen-bond donors (Lipinski definition) is 1. The maximum absolute atomic E-state index is 14.4. The molecule has 2 rings (SSSR count). The molecule has 0 radical (unpaired) electrons. The van der Waals surface area contributed by atoms with Gasteiger partial charge in [-0.05, 0) is 57.4 Å². The van der Waals surface area contributed by atoms with Crippen LogP contribution in [0.15, 0.2) is 42.5 Å². The Bertz CT molecular complexity index is 1140. The Labute approximate surface area is 202 Å². The summed E-state index contributed by atoms with van der Waals surface area (Å²) in [5, 5.41) is 2.84. The van der Waals surface area contributed by atoms with E-state index in [-0.39, 0.29) is 18.2 Å². The number of benzene rings is 2. The van der Waals surface area contributed by atoms with Gasteiger partial charge in [0.05, 0.1) is 11.9 Å². The average Bonchev–Trinajstić information content (AvgIpc) is 2.77. The number of carbonyl (C=O) groups is 2. The summed E-state index contributed by atoms with van der Waals surface area (Å²) in [4.78, 5) is 27.6. The van der Waals surface area contributed by atoms with Gasteiger partial charge >= 0.3 is 0 Å². The molecule has 0 bridgehead atoms. The van der Waals surface area contributed by atoms with E-state index in [0.29, 0.717) is 17.7 Å². The van der Waals surface area contributed by atoms with Crippen LogP contribution in [0.4, 0.5) is 10.1 Å². The van der Waals surface area contributed by atoms with Gasteiger partial charge in [0.1, 0.15) is 18.4 Å². The quantitative estimate of drug-likeness (QED) is 0.551. The third kappa shape index (κ3) is 7.03. The Morgan fingerprint density at radius 2 is 1.74 bits per heavy atom. The molecule has 2 aromatic rings. The van der Waals surface area contributed by atoms with E-state index < -0.39 is 40.2 Å². The molecule has 0 saturated carbocycles. The van der Waals surface area contributed by atoms with E-state index in [1.807, 2.05) is 26.8 Å². The summed E-state index contributed by atoms with van der Waals surface area (Å²) < 4.78 is 40.8. The number of rotatable bonds is 10. The highest BCUT2D eigenvalue weighted by atomic mass is 32.2. The standard InChI is InChI=1S/C25H34FN3O4S/c1-7-19(4)27-25(31)20(5)28(15-21-10-8-9-11-22(21)26)24(30)16-29(34(6,32)33)23-14-17(2)12-13-18(23)3/h8-14,19-20H,7,15-16H2,1-6H3,(H,27,31)/t19-,20+/m0/s1. The Hall–Kier alpha value is -2.94. The predicted molar refractivity (Wildman–Crippen MR) is 132 cm³/mol. The molecule has 0 saturated heterocycles. The Kier molecular flexibility index (Phi) is 9.21. The van der Waals surface area contributed by atoms with Crippen molar-refractivity contribution in [3.63, 3.8) is 0 Å². The fraction of sp³-hybridized carbons (Fsp3) is 0.440. The van der Waals surface area contributed by atoms with Crippen molar-refractivity contribution >= 4 is 27.5 Å². The number of aryl methyl sites for hydroxylation is 2. The number of halogens is 1. The van der Waals surface area contributed by atoms with Crippen LogP contribution in [-0.4, -0.2) is 50.0 Å². The molecule has 0 unspecified atom stereocenters. The Morgan fingerprint density at radius 1 is 1.09 bits per heavy atom. The van der Waals surface area contributed by atoms with E-state index in [0.717, 1.165) is 16.1 Å². The molecule has 0 aromatic heterocycles. The van der Waals surface area contributed by atoms with Crippen LogP contribution in [0.25, 0.3) is 0 Å². The highest BCUT2D eigenvalue weighted by Crippen LogP contribution is 2.24. The lowest BCUT2D eigenvalue weighted by Gasteiger charge is -2.32. The van der Waals surface area contributed by atoms with Crippen molar-refractivity contribution in [1.29, 1.82) is 0 Å². The number of carbonyl (C=O) groups excluding carboxylic acids is 2. The lowest BCUT2D eigenvalue weighted by molar-refractivity contribution is -0.139. The van der Waals surface area contributed by atoms with Gasteiger partial charge in [0.15, 0.2) is 0 Å². The van der Waals surface area contributed by atoms with E-state index >= 15 is 0 Å². The first-order valence-electron chi connectivity index (χ1n) is 11.2. The second-order valence-corrected chi connectivity index (χ2v) is 10.6. The van der Waals surface area contributed by atoms with Crippen molar-refractivity contribution in [2.75, 3.05) is 17.1 Å². The third-order valence-corrected chi connectivity index (χ3v) is 6.91. The van der Waals surface area contributed by atoms with E-state index in [4.69, 9.17) is 0 Å². The van der Waals surface area contributed by atoms with Crippen molar-refractivity contribution in [2.24, 2.45) is 0 Å². The minimum absolute atomic E-state index is 0.108. The van der Waals surface area contributed by atoms with Crippen LogP contribution in [0, 0.1) is 19.7 Å². The number of amides is 2. The van der Waals surface area contributed by atoms with Crippen LogP contribution in [0.5, 0.6) is 0 Å². The summed E-state index contributed by atoms with van der Waals surface area (Å²) in [6.07, 6.45) is 1.73. The first-order chi connectivity index (χ1) is 15.8. The van der Waals surface area contributed by atoms with Gasteiger partial charge in [-0.3, -0.25) is 13.9 Å². The van der Waals surface area contributed by atoms with Crippen LogP contribution in [-0.2, 0) is 26.2 Å². The Balaban J connectivity index is 2.45. The van der Waals surface area contributed by atoms with Crippen molar-refractivity contribution in [2.45, 2.75) is 59.7 Å². The van der Waals surface area contributed by atoms with E-state index in [1.165, 1.54) is 23.1 Å². The molecule has 7 nitrogen and oxygen atoms in total. The van der Waals surface area contributed by atoms with Gasteiger partial charge in [-0.25, -0.2) is 12.8 Å². The second-order valence-electron chi connectivity index (χ2n) is 8.67. The van der Waals surface area contributed by atoms with Crippen molar-refractivity contribution in [3.05, 3.63) is 65.0 Å². The second kappa shape index (κ2) is 11.5. The molecule has 0 aliphatic carbocycles. The van der Waals surface area contributed by atoms with Gasteiger partial charge in [0, 0.05) is 18.2 Å². The van der Waals surface area contributed by atoms with Crippen molar-refractivity contribution < 1.29 is 22.4 Å². The van der Waals surface area contributed by atoms with Gasteiger partial charge in [0.2, 0.25) is 21.8 Å². The zero-order valence-electron chi connectivity index (χ0n) is 20.6. The first-order valence-corrected chi connectivity index (χ1v) is 13.1. The van der Waals surface area contributed by atoms with Crippen molar-refractivity contribution in [3.8, 4) is 0 Å². The number of anilines is 1. The third-order valence-electron chi connectivity index (χ3n) is 5.78. The normalized spacial score (nSPS) is 13.1. The summed E-state index contributed by atoms with van der Waals surface area (Å²) in [7, 11) is -3.82. The number of nitrogens with zero attached hydrogens (tertiary/aromatic N) is 2. The molecule has 2 atom stereocenters. The summed E-state index contributed by atoms with van der Waals surface area (Å²) in [6.45, 7) is 8.22. The molecule has 0 heterocycles. The lowest BCUT2D eigenvalue weighted by atomic mass is 10.1. The van der Waals surface area contributed by atoms with Gasteiger partial charge in [-0.2, -0.15) is 0 Å². The number of hydrogen-bond acceptors (Lipinski definition) is 4. The van der Waals surface area contributed by atoms with E-state index in [9.17, 15) is 22.4 Å². The molecule has 186 valence electrons. The predicted octanol–water partition coefficient (Wildman–Crippen LogP) is 3.54. The highest BCUT2D eigenvalue weighted by Gasteiger charge is 2.31. The first kappa shape index (κ1) is 27.3. The fourth-order valence-corrected chi connectivity index (χ4v) is 4.34. The fourth-order valence-electron chi connectivity index (χ4n) is 3.44. The lowest BCUT2D eigenvalue weighted by Crippen LogP contribution is -2.52. The Morgan fingerprint density at radius 3 is 2.32 bits per heavy atom. The zero-order valence-corrected chi connectivity index (χ0v) is 21.4. The minimum atomic E-state index is -3.82. The van der Waals surface area contributed by atoms with Gasteiger partial charge in [-0.15, -0.1) is 0 Å². The van der Waals surface area contributed by atoms with Crippen LogP contribution in [0.1, 0.15) is 43.9 Å². The van der Waals surface area contributed by atoms with Crippen LogP contribution in [0.2, 0.25) is 0 Å². The molecule has 0 spiro atoms. The monoisotopic (exact) mass is 491 g/mol. The van der Waals surface area contributed by atoms with Crippen molar-refractivity contribution in [1.82, 2.24) is 10.2 Å². The molecule has 0 fully saturated rings. The molecule has 2 amide bonds. The topological polar surface area (TPSA) is 86.8 Å². The smallest absolute Gasteiger partial charge is 0.244 e. The minimum Gasteiger partial charge on any atom is -0.352 e. The number of nitrogens with one attached hydrogen (secondary N) is 1. The van der Waals surface area contributed by atoms with Gasteiger partial charge in [0.25, 0.3) is 0 Å². The van der Waals surface area contributed by atoms with Crippen LogP contribution in [0.3, 0.4) is 0 Å². The van der Waals surface area contributed by atoms with Crippen LogP contribution < -0.4 is 9.62 Å². The molecule has 9 heteroatoms. The molecular formula is C25H34FN3O4S. The maximum atomic E-state index is 14.4. The SMILES string of the molecule is CC[C@H](C)NC(=O)[C@@H](C)N(Cc1ccccc1F)C(=O)CN(c1cc(C)ccc1C)S(C)(=O)=O. The number of sulfonamides is 1. The summed E-state index contributed by atoms with van der Waals surface area (Å²) in [5.74, 6) is -1.51. The molecule has 0 aliphatic rings. The van der Waals surface area contributed by atoms with Crippen LogP contribution >= 0.6 is 0 Å². The highest BCUT2D eigenvalue weighted by molar-refractivity contribution is 7.92. The maximum Gasteiger partial charge on any atom is 0.244 e. The van der Waals surface area contributed by atoms with E-state index in [1.54, 1.807) is 32.0 Å². The molecule has 1 N–H and O–H groups in total. The summed E-state index contributed by atoms with van der Waals surface area (Å²) in [5.41, 5.74) is 2.15. The molecule has 0 aliphatic heterocycles. The summed E-state index contributed by atoms with van der Waals surface area (Å²) >= 11 is 0.